The van der Waals surface area contributed by atoms with Crippen molar-refractivity contribution in [3.63, 3.8) is 0 Å². The van der Waals surface area contributed by atoms with Gasteiger partial charge in [0.1, 0.15) is 18.0 Å². The van der Waals surface area contributed by atoms with Crippen molar-refractivity contribution in [2.45, 2.75) is 6.04 Å². The third kappa shape index (κ3) is 2.31. The molecule has 0 spiro atoms. The molecule has 1 aliphatic heterocycles. The van der Waals surface area contributed by atoms with Crippen molar-refractivity contribution in [2.75, 3.05) is 6.61 Å². The summed E-state index contributed by atoms with van der Waals surface area (Å²) in [6, 6.07) is 3.83. The molecule has 7 heteroatoms. The molecule has 16 heavy (non-hydrogen) atoms. The lowest BCUT2D eigenvalue weighted by molar-refractivity contribution is 0.166. The molecule has 86 valence electrons. The highest BCUT2D eigenvalue weighted by Crippen LogP contribution is 2.36. The lowest BCUT2D eigenvalue weighted by Crippen LogP contribution is -2.24. The minimum Gasteiger partial charge on any atom is -0.464 e. The molecule has 1 atom stereocenters. The molecule has 1 heterocycles. The van der Waals surface area contributed by atoms with Gasteiger partial charge < -0.3 is 5.11 Å². The molecule has 1 aromatic rings. The number of hydrogen-bond acceptors (Lipinski definition) is 3. The van der Waals surface area contributed by atoms with Crippen molar-refractivity contribution in [3.05, 3.63) is 34.1 Å². The predicted octanol–water partition coefficient (Wildman–Crippen LogP) is 3.20. The molecule has 0 radical (unpaired) electrons. The zero-order valence-electron chi connectivity index (χ0n) is 7.89. The van der Waals surface area contributed by atoms with Gasteiger partial charge in [0.05, 0.1) is 12.6 Å². The Labute approximate surface area is 104 Å². The maximum atomic E-state index is 13.2. The minimum atomic E-state index is -1.10. The summed E-state index contributed by atoms with van der Waals surface area (Å²) < 4.78 is 19.8. The summed E-state index contributed by atoms with van der Waals surface area (Å²) in [5.74, 6) is -0.411. The summed E-state index contributed by atoms with van der Waals surface area (Å²) in [5.41, 5.74) is 0.569. The molecule has 0 aliphatic carbocycles. The molecule has 0 bridgehead atoms. The topological polar surface area (TPSA) is 49.8 Å². The van der Waals surface area contributed by atoms with Crippen molar-refractivity contribution < 1.29 is 18.5 Å². The fourth-order valence-corrected chi connectivity index (χ4v) is 2.57. The SMILES string of the molecule is O=C(O)N1SOC[C@@H]1c1cc(F)cc(Br)c1. The van der Waals surface area contributed by atoms with Crippen LogP contribution in [0.5, 0.6) is 0 Å². The molecule has 1 aromatic carbocycles. The van der Waals surface area contributed by atoms with Gasteiger partial charge in [0.2, 0.25) is 0 Å². The first-order valence-corrected chi connectivity index (χ1v) is 5.85. The summed E-state index contributed by atoms with van der Waals surface area (Å²) in [5, 5.41) is 8.90. The number of carboxylic acid groups (broad SMARTS) is 1. The average molecular weight is 308 g/mol. The Bertz CT molecular complexity index is 411. The van der Waals surface area contributed by atoms with Crippen molar-refractivity contribution in [1.29, 1.82) is 0 Å². The lowest BCUT2D eigenvalue weighted by atomic mass is 10.1. The van der Waals surface area contributed by atoms with Crippen LogP contribution in [0.4, 0.5) is 9.18 Å². The Morgan fingerprint density at radius 1 is 1.62 bits per heavy atom. The third-order valence-corrected chi connectivity index (χ3v) is 3.37. The van der Waals surface area contributed by atoms with E-state index in [1.54, 1.807) is 6.07 Å². The van der Waals surface area contributed by atoms with Crippen LogP contribution in [0.1, 0.15) is 11.6 Å². The normalized spacial score (nSPS) is 20.1. The lowest BCUT2D eigenvalue weighted by Gasteiger charge is -2.17. The van der Waals surface area contributed by atoms with Crippen LogP contribution in [0.15, 0.2) is 22.7 Å². The summed E-state index contributed by atoms with van der Waals surface area (Å²) in [6.07, 6.45) is -1.10. The standard InChI is InChI=1S/C9H7BrFNO3S/c10-6-1-5(2-7(11)3-6)8-4-15-16-12(8)9(13)14/h1-3,8H,4H2,(H,13,14)/t8-/m1/s1. The molecular weight excluding hydrogens is 301 g/mol. The summed E-state index contributed by atoms with van der Waals surface area (Å²) >= 11 is 3.92. The van der Waals surface area contributed by atoms with E-state index >= 15 is 0 Å². The molecule has 0 aromatic heterocycles. The van der Waals surface area contributed by atoms with Gasteiger partial charge in [-0.3, -0.25) is 4.18 Å². The van der Waals surface area contributed by atoms with Crippen LogP contribution in [0.2, 0.25) is 0 Å². The Morgan fingerprint density at radius 2 is 2.38 bits per heavy atom. The fourth-order valence-electron chi connectivity index (χ4n) is 1.44. The molecule has 4 nitrogen and oxygen atoms in total. The van der Waals surface area contributed by atoms with Crippen molar-refractivity contribution in [2.24, 2.45) is 0 Å². The molecule has 0 saturated carbocycles. The molecule has 0 unspecified atom stereocenters. The van der Waals surface area contributed by atoms with Crippen LogP contribution < -0.4 is 0 Å². The molecule has 1 saturated heterocycles. The quantitative estimate of drug-likeness (QED) is 0.639. The average Bonchev–Trinajstić information content (AvgIpc) is 2.63. The maximum absolute atomic E-state index is 13.2. The van der Waals surface area contributed by atoms with Gasteiger partial charge >= 0.3 is 6.09 Å². The van der Waals surface area contributed by atoms with E-state index in [1.807, 2.05) is 0 Å². The van der Waals surface area contributed by atoms with Crippen molar-refractivity contribution in [3.8, 4) is 0 Å². The van der Waals surface area contributed by atoms with Gasteiger partial charge in [-0.15, -0.1) is 0 Å². The first-order valence-electron chi connectivity index (χ1n) is 4.35. The highest BCUT2D eigenvalue weighted by Gasteiger charge is 2.33. The van der Waals surface area contributed by atoms with E-state index in [0.717, 1.165) is 16.5 Å². The van der Waals surface area contributed by atoms with Crippen LogP contribution in [0.3, 0.4) is 0 Å². The van der Waals surface area contributed by atoms with Crippen LogP contribution in [-0.2, 0) is 4.18 Å². The van der Waals surface area contributed by atoms with Crippen LogP contribution in [0, 0.1) is 5.82 Å². The van der Waals surface area contributed by atoms with E-state index in [1.165, 1.54) is 12.1 Å². The van der Waals surface area contributed by atoms with Gasteiger partial charge in [-0.05, 0) is 23.8 Å². The maximum Gasteiger partial charge on any atom is 0.419 e. The van der Waals surface area contributed by atoms with Crippen molar-refractivity contribution in [1.82, 2.24) is 4.31 Å². The van der Waals surface area contributed by atoms with Crippen molar-refractivity contribution >= 4 is 34.3 Å². The van der Waals surface area contributed by atoms with Gasteiger partial charge in [0, 0.05) is 4.47 Å². The highest BCUT2D eigenvalue weighted by molar-refractivity contribution is 9.10. The Kier molecular flexibility index (Phi) is 3.36. The monoisotopic (exact) mass is 307 g/mol. The smallest absolute Gasteiger partial charge is 0.419 e. The molecule has 1 amide bonds. The van der Waals surface area contributed by atoms with Crippen LogP contribution >= 0.6 is 28.2 Å². The van der Waals surface area contributed by atoms with Gasteiger partial charge in [-0.2, -0.15) is 0 Å². The van der Waals surface area contributed by atoms with Crippen LogP contribution in [0.25, 0.3) is 0 Å². The summed E-state index contributed by atoms with van der Waals surface area (Å²) in [7, 11) is 0. The summed E-state index contributed by atoms with van der Waals surface area (Å²) in [6.45, 7) is 0.215. The van der Waals surface area contributed by atoms with E-state index in [0.29, 0.717) is 10.0 Å². The fraction of sp³-hybridized carbons (Fsp3) is 0.222. The van der Waals surface area contributed by atoms with Gasteiger partial charge in [0.15, 0.2) is 0 Å². The summed E-state index contributed by atoms with van der Waals surface area (Å²) in [4.78, 5) is 10.9. The Hall–Kier alpha value is -0.790. The predicted molar refractivity (Wildman–Crippen MR) is 60.2 cm³/mol. The first kappa shape index (κ1) is 11.7. The zero-order chi connectivity index (χ0) is 11.7. The van der Waals surface area contributed by atoms with E-state index in [2.05, 4.69) is 15.9 Å². The first-order chi connectivity index (χ1) is 7.58. The van der Waals surface area contributed by atoms with Gasteiger partial charge in [-0.1, -0.05) is 15.9 Å². The van der Waals surface area contributed by atoms with E-state index in [4.69, 9.17) is 9.29 Å². The largest absolute Gasteiger partial charge is 0.464 e. The number of amides is 1. The molecule has 1 aliphatic rings. The number of halogens is 2. The number of nitrogens with zero attached hydrogens (tertiary/aromatic N) is 1. The second-order valence-corrected chi connectivity index (χ2v) is 4.88. The van der Waals surface area contributed by atoms with E-state index in [9.17, 15) is 9.18 Å². The van der Waals surface area contributed by atoms with Gasteiger partial charge in [-0.25, -0.2) is 13.5 Å². The molecule has 1 fully saturated rings. The Morgan fingerprint density at radius 3 is 3.00 bits per heavy atom. The number of rotatable bonds is 1. The zero-order valence-corrected chi connectivity index (χ0v) is 10.3. The number of carbonyl (C=O) groups is 1. The van der Waals surface area contributed by atoms with E-state index < -0.39 is 18.0 Å². The molecular formula is C9H7BrFNO3S. The highest BCUT2D eigenvalue weighted by atomic mass is 79.9. The second-order valence-electron chi connectivity index (χ2n) is 3.19. The van der Waals surface area contributed by atoms with Gasteiger partial charge in [0.25, 0.3) is 0 Å². The number of benzene rings is 1. The Balaban J connectivity index is 2.32. The number of hydrogen-bond donors (Lipinski definition) is 1. The molecule has 1 N–H and O–H groups in total. The van der Waals surface area contributed by atoms with Crippen LogP contribution in [-0.4, -0.2) is 22.1 Å². The third-order valence-electron chi connectivity index (χ3n) is 2.10. The van der Waals surface area contributed by atoms with E-state index in [-0.39, 0.29) is 6.61 Å². The minimum absolute atomic E-state index is 0.215. The molecule has 2 rings (SSSR count). The second kappa shape index (κ2) is 4.60.